The van der Waals surface area contributed by atoms with Gasteiger partial charge in [0.1, 0.15) is 17.1 Å². The number of benzene rings is 1. The van der Waals surface area contributed by atoms with Gasteiger partial charge in [-0.1, -0.05) is 0 Å². The molecule has 0 fully saturated rings. The van der Waals surface area contributed by atoms with Crippen LogP contribution in [-0.4, -0.2) is 44.3 Å². The van der Waals surface area contributed by atoms with Crippen LogP contribution in [-0.2, 0) is 13.5 Å². The maximum Gasteiger partial charge on any atom is 0.254 e. The minimum absolute atomic E-state index is 0.00320. The van der Waals surface area contributed by atoms with Crippen LogP contribution in [0.5, 0.6) is 5.75 Å². The van der Waals surface area contributed by atoms with Crippen LogP contribution in [0.1, 0.15) is 57.2 Å². The molecule has 0 aliphatic rings. The van der Waals surface area contributed by atoms with Gasteiger partial charge in [-0.25, -0.2) is 4.98 Å². The van der Waals surface area contributed by atoms with E-state index in [0.29, 0.717) is 40.8 Å². The Morgan fingerprint density at radius 1 is 1.21 bits per heavy atom. The molecule has 3 rings (SSSR count). The third kappa shape index (κ3) is 3.79. The lowest BCUT2D eigenvalue weighted by molar-refractivity contribution is 0.0770. The van der Waals surface area contributed by atoms with Gasteiger partial charge in [0.15, 0.2) is 5.78 Å². The van der Waals surface area contributed by atoms with Crippen LogP contribution in [0.2, 0.25) is 0 Å². The number of hydrogen-bond acceptors (Lipinski definition) is 5. The Bertz CT molecular complexity index is 1080. The van der Waals surface area contributed by atoms with Gasteiger partial charge < -0.3 is 14.6 Å². The Hall–Kier alpha value is -2.67. The first kappa shape index (κ1) is 21.0. The monoisotopic (exact) mass is 413 g/mol. The van der Waals surface area contributed by atoms with Crippen molar-refractivity contribution in [1.82, 2.24) is 14.5 Å². The minimum Gasteiger partial charge on any atom is -0.505 e. The molecule has 3 aromatic rings. The first-order chi connectivity index (χ1) is 13.8. The molecule has 1 N–H and O–H groups in total. The molecule has 1 amide bonds. The van der Waals surface area contributed by atoms with Crippen LogP contribution in [0.25, 0.3) is 11.0 Å². The minimum atomic E-state index is -0.139. The summed E-state index contributed by atoms with van der Waals surface area (Å²) < 4.78 is 1.86. The fraction of sp³-hybridized carbons (Fsp3) is 0.409. The third-order valence-corrected chi connectivity index (χ3v) is 6.37. The predicted molar refractivity (Wildman–Crippen MR) is 116 cm³/mol. The van der Waals surface area contributed by atoms with E-state index in [0.717, 1.165) is 10.7 Å². The third-order valence-electron chi connectivity index (χ3n) is 5.52. The highest BCUT2D eigenvalue weighted by atomic mass is 32.1. The largest absolute Gasteiger partial charge is 0.505 e. The Kier molecular flexibility index (Phi) is 6.07. The number of rotatable bonds is 7. The van der Waals surface area contributed by atoms with Gasteiger partial charge in [-0.05, 0) is 51.6 Å². The molecule has 0 saturated carbocycles. The summed E-state index contributed by atoms with van der Waals surface area (Å²) in [5.74, 6) is 0.622. The number of nitrogens with zero attached hydrogens (tertiary/aromatic N) is 3. The molecule has 2 heterocycles. The molecule has 1 aromatic carbocycles. The van der Waals surface area contributed by atoms with Gasteiger partial charge in [0.05, 0.1) is 5.52 Å². The number of Topliss-reactive ketones (excluding diaryl/α,β-unsaturated/α-hetero) is 1. The van der Waals surface area contributed by atoms with E-state index in [2.05, 4.69) is 4.98 Å². The van der Waals surface area contributed by atoms with E-state index in [1.807, 2.05) is 50.8 Å². The zero-order chi connectivity index (χ0) is 21.3. The second-order valence-corrected chi connectivity index (χ2v) is 8.25. The maximum absolute atomic E-state index is 13.2. The van der Waals surface area contributed by atoms with E-state index >= 15 is 0 Å². The fourth-order valence-electron chi connectivity index (χ4n) is 3.63. The molecule has 0 atom stereocenters. The first-order valence-corrected chi connectivity index (χ1v) is 10.7. The van der Waals surface area contributed by atoms with Crippen LogP contribution in [0.4, 0.5) is 0 Å². The first-order valence-electron chi connectivity index (χ1n) is 9.84. The number of carbonyl (C=O) groups is 2. The second kappa shape index (κ2) is 8.37. The summed E-state index contributed by atoms with van der Waals surface area (Å²) in [5, 5.41) is 12.9. The molecule has 7 heteroatoms. The van der Waals surface area contributed by atoms with Gasteiger partial charge in [0, 0.05) is 48.1 Å². The van der Waals surface area contributed by atoms with Crippen molar-refractivity contribution in [2.75, 3.05) is 13.1 Å². The lowest BCUT2D eigenvalue weighted by Crippen LogP contribution is -2.31. The summed E-state index contributed by atoms with van der Waals surface area (Å²) in [7, 11) is 1.86. The summed E-state index contributed by atoms with van der Waals surface area (Å²) in [5.41, 5.74) is 2.82. The van der Waals surface area contributed by atoms with Crippen molar-refractivity contribution in [1.29, 1.82) is 0 Å². The molecule has 2 aromatic heterocycles. The molecule has 0 spiro atoms. The lowest BCUT2D eigenvalue weighted by Gasteiger charge is -2.21. The number of fused-ring (bicyclic) bond motifs is 1. The summed E-state index contributed by atoms with van der Waals surface area (Å²) in [6, 6.07) is 3.63. The molecular weight excluding hydrogens is 386 g/mol. The zero-order valence-corrected chi connectivity index (χ0v) is 18.4. The van der Waals surface area contributed by atoms with Crippen molar-refractivity contribution in [2.45, 2.75) is 40.5 Å². The van der Waals surface area contributed by atoms with Crippen molar-refractivity contribution >= 4 is 34.1 Å². The summed E-state index contributed by atoms with van der Waals surface area (Å²) in [6.07, 6.45) is 0.509. The van der Waals surface area contributed by atoms with Crippen LogP contribution < -0.4 is 0 Å². The van der Waals surface area contributed by atoms with Crippen LogP contribution >= 0.6 is 11.3 Å². The molecule has 0 bridgehead atoms. The Morgan fingerprint density at radius 2 is 1.90 bits per heavy atom. The summed E-state index contributed by atoms with van der Waals surface area (Å²) >= 11 is 1.54. The molecule has 0 saturated heterocycles. The van der Waals surface area contributed by atoms with Crippen molar-refractivity contribution in [3.8, 4) is 5.75 Å². The van der Waals surface area contributed by atoms with E-state index in [1.54, 1.807) is 11.0 Å². The van der Waals surface area contributed by atoms with E-state index in [4.69, 9.17) is 0 Å². The van der Waals surface area contributed by atoms with Gasteiger partial charge in [-0.3, -0.25) is 9.59 Å². The number of imidazole rings is 1. The molecule has 0 aliphatic carbocycles. The van der Waals surface area contributed by atoms with E-state index < -0.39 is 0 Å². The molecule has 6 nitrogen and oxygen atoms in total. The van der Waals surface area contributed by atoms with E-state index in [1.165, 1.54) is 11.3 Å². The van der Waals surface area contributed by atoms with Gasteiger partial charge in [-0.15, -0.1) is 11.3 Å². The van der Waals surface area contributed by atoms with Crippen LogP contribution in [0.3, 0.4) is 0 Å². The zero-order valence-electron chi connectivity index (χ0n) is 17.6. The SMILES string of the molecule is CCN(CC)C(=O)c1cc2c(nc(C)n2C)c(O)c1CCC(=O)c1ccsc1C. The quantitative estimate of drug-likeness (QED) is 0.588. The number of amides is 1. The number of aryl methyl sites for hydroxylation is 3. The highest BCUT2D eigenvalue weighted by molar-refractivity contribution is 7.10. The Balaban J connectivity index is 2.06. The number of thiophene rings is 1. The standard InChI is InChI=1S/C22H27N3O3S/c1-6-25(7-2)22(28)17-12-18-20(23-14(4)24(18)5)21(27)16(17)8-9-19(26)15-10-11-29-13(15)3/h10-12,27H,6-9H2,1-5H3. The van der Waals surface area contributed by atoms with Crippen molar-refractivity contribution in [2.24, 2.45) is 7.05 Å². The summed E-state index contributed by atoms with van der Waals surface area (Å²) in [6.45, 7) is 8.78. The molecule has 29 heavy (non-hydrogen) atoms. The van der Waals surface area contributed by atoms with Crippen LogP contribution in [0, 0.1) is 13.8 Å². The van der Waals surface area contributed by atoms with Crippen molar-refractivity contribution in [3.05, 3.63) is 44.9 Å². The van der Waals surface area contributed by atoms with Gasteiger partial charge in [0.2, 0.25) is 0 Å². The number of aromatic hydroxyl groups is 1. The van der Waals surface area contributed by atoms with Crippen molar-refractivity contribution in [3.63, 3.8) is 0 Å². The van der Waals surface area contributed by atoms with E-state index in [9.17, 15) is 14.7 Å². The number of phenolic OH excluding ortho intramolecular Hbond substituents is 1. The Labute approximate surface area is 174 Å². The smallest absolute Gasteiger partial charge is 0.254 e. The lowest BCUT2D eigenvalue weighted by atomic mass is 9.96. The molecule has 0 unspecified atom stereocenters. The predicted octanol–water partition coefficient (Wildman–Crippen LogP) is 4.25. The second-order valence-electron chi connectivity index (χ2n) is 7.13. The number of carbonyl (C=O) groups excluding carboxylic acids is 2. The molecular formula is C22H27N3O3S. The topological polar surface area (TPSA) is 75.4 Å². The van der Waals surface area contributed by atoms with Gasteiger partial charge in [-0.2, -0.15) is 0 Å². The number of ketones is 1. The van der Waals surface area contributed by atoms with Gasteiger partial charge >= 0.3 is 0 Å². The Morgan fingerprint density at radius 3 is 2.48 bits per heavy atom. The molecule has 0 aliphatic heterocycles. The van der Waals surface area contributed by atoms with Crippen molar-refractivity contribution < 1.29 is 14.7 Å². The number of phenols is 1. The normalized spacial score (nSPS) is 11.2. The highest BCUT2D eigenvalue weighted by Crippen LogP contribution is 2.34. The maximum atomic E-state index is 13.2. The average Bonchev–Trinajstić information content (AvgIpc) is 3.25. The molecule has 0 radical (unpaired) electrons. The van der Waals surface area contributed by atoms with E-state index in [-0.39, 0.29) is 30.3 Å². The average molecular weight is 414 g/mol. The fourth-order valence-corrected chi connectivity index (χ4v) is 4.35. The summed E-state index contributed by atoms with van der Waals surface area (Å²) in [4.78, 5) is 33.0. The highest BCUT2D eigenvalue weighted by Gasteiger charge is 2.24. The van der Waals surface area contributed by atoms with Gasteiger partial charge in [0.25, 0.3) is 5.91 Å². The number of hydrogen-bond donors (Lipinski definition) is 1. The molecule has 154 valence electrons. The van der Waals surface area contributed by atoms with Crippen LogP contribution in [0.15, 0.2) is 17.5 Å². The number of aromatic nitrogens is 2.